The van der Waals surface area contributed by atoms with Crippen LogP contribution in [0.3, 0.4) is 0 Å². The van der Waals surface area contributed by atoms with Gasteiger partial charge in [0.1, 0.15) is 0 Å². The third-order valence-electron chi connectivity index (χ3n) is 3.13. The van der Waals surface area contributed by atoms with Crippen LogP contribution >= 0.6 is 11.8 Å². The molecular formula is C12H21NS. The van der Waals surface area contributed by atoms with Gasteiger partial charge in [0.2, 0.25) is 0 Å². The molecule has 0 spiro atoms. The molecule has 0 aromatic heterocycles. The highest BCUT2D eigenvalue weighted by Gasteiger charge is 2.33. The van der Waals surface area contributed by atoms with Gasteiger partial charge in [0, 0.05) is 11.8 Å². The molecule has 1 fully saturated rings. The van der Waals surface area contributed by atoms with E-state index in [2.05, 4.69) is 32.0 Å². The summed E-state index contributed by atoms with van der Waals surface area (Å²) in [5.74, 6) is 5.31. The maximum Gasteiger partial charge on any atom is 0.0686 e. The molecule has 1 aliphatic heterocycles. The van der Waals surface area contributed by atoms with Gasteiger partial charge in [0.15, 0.2) is 0 Å². The lowest BCUT2D eigenvalue weighted by Crippen LogP contribution is -2.50. The predicted molar refractivity (Wildman–Crippen MR) is 65.6 cm³/mol. The molecule has 0 aromatic rings. The predicted octanol–water partition coefficient (Wildman–Crippen LogP) is 2.52. The average Bonchev–Trinajstić information content (AvgIpc) is 2.16. The lowest BCUT2D eigenvalue weighted by atomic mass is 9.82. The Kier molecular flexibility index (Phi) is 4.34. The van der Waals surface area contributed by atoms with Crippen molar-refractivity contribution in [2.75, 3.05) is 11.5 Å². The number of rotatable bonds is 3. The highest BCUT2D eigenvalue weighted by Crippen LogP contribution is 2.34. The van der Waals surface area contributed by atoms with Crippen LogP contribution < -0.4 is 5.32 Å². The molecule has 1 N–H and O–H groups in total. The molecule has 2 heteroatoms. The molecule has 1 rings (SSSR count). The first-order valence-electron chi connectivity index (χ1n) is 5.40. The molecule has 0 radical (unpaired) electrons. The number of thioether (sulfide) groups is 1. The molecule has 2 unspecified atom stereocenters. The van der Waals surface area contributed by atoms with E-state index >= 15 is 0 Å². The van der Waals surface area contributed by atoms with Gasteiger partial charge in [0.25, 0.3) is 0 Å². The van der Waals surface area contributed by atoms with Crippen LogP contribution in [0.5, 0.6) is 0 Å². The molecule has 2 atom stereocenters. The standard InChI is InChI=1S/C12H21NS/c1-5-10(6-2)13-11-9-14-8-7-12(11,3)4/h1,10-11,13H,6-9H2,2-4H3. The molecule has 0 amide bonds. The van der Waals surface area contributed by atoms with Gasteiger partial charge < -0.3 is 0 Å². The van der Waals surface area contributed by atoms with Gasteiger partial charge in [-0.1, -0.05) is 26.7 Å². The van der Waals surface area contributed by atoms with Crippen LogP contribution in [0.4, 0.5) is 0 Å². The van der Waals surface area contributed by atoms with E-state index in [0.717, 1.165) is 6.42 Å². The van der Waals surface area contributed by atoms with Gasteiger partial charge in [-0.25, -0.2) is 0 Å². The number of hydrogen-bond acceptors (Lipinski definition) is 2. The van der Waals surface area contributed by atoms with E-state index in [-0.39, 0.29) is 6.04 Å². The lowest BCUT2D eigenvalue weighted by Gasteiger charge is -2.40. The summed E-state index contributed by atoms with van der Waals surface area (Å²) in [5, 5.41) is 3.59. The van der Waals surface area contributed by atoms with Crippen LogP contribution in [0.25, 0.3) is 0 Å². The van der Waals surface area contributed by atoms with Gasteiger partial charge >= 0.3 is 0 Å². The van der Waals surface area contributed by atoms with E-state index < -0.39 is 0 Å². The molecule has 0 saturated carbocycles. The smallest absolute Gasteiger partial charge is 0.0686 e. The van der Waals surface area contributed by atoms with Crippen molar-refractivity contribution in [2.24, 2.45) is 5.41 Å². The molecule has 1 nitrogen and oxygen atoms in total. The summed E-state index contributed by atoms with van der Waals surface area (Å²) in [6.45, 7) is 6.82. The summed E-state index contributed by atoms with van der Waals surface area (Å²) < 4.78 is 0. The molecule has 1 saturated heterocycles. The molecular weight excluding hydrogens is 190 g/mol. The quantitative estimate of drug-likeness (QED) is 0.720. The van der Waals surface area contributed by atoms with Crippen LogP contribution in [-0.4, -0.2) is 23.6 Å². The zero-order valence-electron chi connectivity index (χ0n) is 9.47. The topological polar surface area (TPSA) is 12.0 Å². The summed E-state index contributed by atoms with van der Waals surface area (Å²) in [7, 11) is 0. The fourth-order valence-corrected chi connectivity index (χ4v) is 3.36. The van der Waals surface area contributed by atoms with Gasteiger partial charge in [-0.2, -0.15) is 11.8 Å². The Morgan fingerprint density at radius 1 is 1.64 bits per heavy atom. The Hall–Kier alpha value is -0.130. The first-order chi connectivity index (χ1) is 6.60. The monoisotopic (exact) mass is 211 g/mol. The van der Waals surface area contributed by atoms with E-state index in [9.17, 15) is 0 Å². The molecule has 1 heterocycles. The molecule has 80 valence electrons. The van der Waals surface area contributed by atoms with Gasteiger partial charge in [0.05, 0.1) is 6.04 Å². The van der Waals surface area contributed by atoms with Crippen LogP contribution in [0.2, 0.25) is 0 Å². The number of hydrogen-bond donors (Lipinski definition) is 1. The van der Waals surface area contributed by atoms with E-state index in [1.165, 1.54) is 17.9 Å². The second kappa shape index (κ2) is 5.09. The van der Waals surface area contributed by atoms with Gasteiger partial charge in [-0.15, -0.1) is 6.42 Å². The van der Waals surface area contributed by atoms with Crippen molar-refractivity contribution in [2.45, 2.75) is 45.7 Å². The summed E-state index contributed by atoms with van der Waals surface area (Å²) >= 11 is 2.04. The highest BCUT2D eigenvalue weighted by atomic mass is 32.2. The van der Waals surface area contributed by atoms with Gasteiger partial charge in [-0.05, 0) is 24.0 Å². The molecule has 1 aliphatic rings. The van der Waals surface area contributed by atoms with E-state index in [4.69, 9.17) is 6.42 Å². The van der Waals surface area contributed by atoms with Crippen LogP contribution in [-0.2, 0) is 0 Å². The Bertz CT molecular complexity index is 217. The minimum atomic E-state index is 0.248. The minimum absolute atomic E-state index is 0.248. The summed E-state index contributed by atoms with van der Waals surface area (Å²) in [4.78, 5) is 0. The Balaban J connectivity index is 2.53. The zero-order valence-corrected chi connectivity index (χ0v) is 10.3. The molecule has 0 bridgehead atoms. The van der Waals surface area contributed by atoms with Crippen molar-refractivity contribution in [3.63, 3.8) is 0 Å². The first kappa shape index (κ1) is 11.9. The Morgan fingerprint density at radius 3 is 2.86 bits per heavy atom. The fraction of sp³-hybridized carbons (Fsp3) is 0.833. The van der Waals surface area contributed by atoms with E-state index in [1.54, 1.807) is 0 Å². The summed E-state index contributed by atoms with van der Waals surface area (Å²) in [5.41, 5.74) is 0.398. The molecule has 0 aliphatic carbocycles. The molecule has 0 aromatic carbocycles. The third-order valence-corrected chi connectivity index (χ3v) is 4.19. The number of terminal acetylenes is 1. The largest absolute Gasteiger partial charge is 0.300 e. The van der Waals surface area contributed by atoms with Crippen LogP contribution in [0.1, 0.15) is 33.6 Å². The van der Waals surface area contributed by atoms with E-state index in [0.29, 0.717) is 11.5 Å². The summed E-state index contributed by atoms with van der Waals surface area (Å²) in [6, 6.07) is 0.820. The summed E-state index contributed by atoms with van der Waals surface area (Å²) in [6.07, 6.45) is 7.78. The Labute approximate surface area is 92.4 Å². The van der Waals surface area contributed by atoms with E-state index in [1.807, 2.05) is 11.8 Å². The lowest BCUT2D eigenvalue weighted by molar-refractivity contribution is 0.237. The van der Waals surface area contributed by atoms with Crippen LogP contribution in [0, 0.1) is 17.8 Å². The third kappa shape index (κ3) is 2.93. The zero-order chi connectivity index (χ0) is 10.6. The highest BCUT2D eigenvalue weighted by molar-refractivity contribution is 7.99. The maximum atomic E-state index is 5.47. The van der Waals surface area contributed by atoms with Crippen LogP contribution in [0.15, 0.2) is 0 Å². The van der Waals surface area contributed by atoms with Crippen molar-refractivity contribution in [1.29, 1.82) is 0 Å². The normalized spacial score (nSPS) is 28.0. The van der Waals surface area contributed by atoms with Crippen molar-refractivity contribution < 1.29 is 0 Å². The number of nitrogens with one attached hydrogen (secondary N) is 1. The second-order valence-corrected chi connectivity index (χ2v) is 5.81. The first-order valence-corrected chi connectivity index (χ1v) is 6.55. The second-order valence-electron chi connectivity index (χ2n) is 4.66. The van der Waals surface area contributed by atoms with Crippen molar-refractivity contribution >= 4 is 11.8 Å². The fourth-order valence-electron chi connectivity index (χ4n) is 1.74. The van der Waals surface area contributed by atoms with Gasteiger partial charge in [-0.3, -0.25) is 5.32 Å². The van der Waals surface area contributed by atoms with Crippen molar-refractivity contribution in [3.05, 3.63) is 0 Å². The maximum absolute atomic E-state index is 5.47. The average molecular weight is 211 g/mol. The SMILES string of the molecule is C#CC(CC)NC1CSCCC1(C)C. The molecule has 14 heavy (non-hydrogen) atoms. The minimum Gasteiger partial charge on any atom is -0.300 e. The van der Waals surface area contributed by atoms with Crippen molar-refractivity contribution in [3.8, 4) is 12.3 Å². The Morgan fingerprint density at radius 2 is 2.36 bits per heavy atom. The van der Waals surface area contributed by atoms with Crippen molar-refractivity contribution in [1.82, 2.24) is 5.32 Å².